The van der Waals surface area contributed by atoms with Crippen molar-refractivity contribution in [2.45, 2.75) is 50.5 Å². The van der Waals surface area contributed by atoms with Crippen molar-refractivity contribution in [2.24, 2.45) is 11.7 Å². The standard InChI is InChI=1S/C15H23FN2O2S.ClH/c1-10-7-13(16)8-11(2)15(10)21(19,20)18-14(9-17)12-5-3-4-6-12;/h7-8,12,14,18H,3-6,9,17H2,1-2H3;1H. The molecule has 2 rings (SSSR count). The van der Waals surface area contributed by atoms with Gasteiger partial charge in [0.05, 0.1) is 4.90 Å². The smallest absolute Gasteiger partial charge is 0.241 e. The second kappa shape index (κ2) is 7.73. The highest BCUT2D eigenvalue weighted by atomic mass is 35.5. The molecule has 0 heterocycles. The number of benzene rings is 1. The fourth-order valence-electron chi connectivity index (χ4n) is 3.28. The first-order chi connectivity index (χ1) is 9.85. The zero-order valence-electron chi connectivity index (χ0n) is 12.9. The van der Waals surface area contributed by atoms with Gasteiger partial charge in [0, 0.05) is 12.6 Å². The maximum absolute atomic E-state index is 13.3. The molecule has 3 N–H and O–H groups in total. The average Bonchev–Trinajstić information content (AvgIpc) is 2.87. The summed E-state index contributed by atoms with van der Waals surface area (Å²) in [7, 11) is -3.68. The van der Waals surface area contributed by atoms with Gasteiger partial charge in [0.25, 0.3) is 0 Å². The van der Waals surface area contributed by atoms with E-state index in [4.69, 9.17) is 5.73 Å². The SMILES string of the molecule is Cc1cc(F)cc(C)c1S(=O)(=O)NC(CN)C1CCCC1.Cl. The molecule has 0 amide bonds. The molecule has 1 atom stereocenters. The molecule has 1 aromatic carbocycles. The monoisotopic (exact) mass is 350 g/mol. The molecule has 0 aliphatic heterocycles. The highest BCUT2D eigenvalue weighted by molar-refractivity contribution is 7.89. The van der Waals surface area contributed by atoms with Gasteiger partial charge in [0.1, 0.15) is 5.82 Å². The number of halogens is 2. The van der Waals surface area contributed by atoms with Crippen LogP contribution in [0.15, 0.2) is 17.0 Å². The van der Waals surface area contributed by atoms with E-state index in [1.54, 1.807) is 13.8 Å². The van der Waals surface area contributed by atoms with Gasteiger partial charge in [-0.15, -0.1) is 12.4 Å². The van der Waals surface area contributed by atoms with E-state index in [2.05, 4.69) is 4.72 Å². The van der Waals surface area contributed by atoms with E-state index in [0.29, 0.717) is 17.0 Å². The number of aryl methyl sites for hydroxylation is 2. The molecule has 1 aliphatic carbocycles. The van der Waals surface area contributed by atoms with Crippen LogP contribution < -0.4 is 10.5 Å². The Morgan fingerprint density at radius 1 is 1.27 bits per heavy atom. The average molecular weight is 351 g/mol. The zero-order valence-corrected chi connectivity index (χ0v) is 14.6. The molecule has 0 saturated heterocycles. The van der Waals surface area contributed by atoms with Crippen molar-refractivity contribution in [1.82, 2.24) is 4.72 Å². The van der Waals surface area contributed by atoms with Gasteiger partial charge in [0.2, 0.25) is 10.0 Å². The van der Waals surface area contributed by atoms with Crippen LogP contribution in [0.1, 0.15) is 36.8 Å². The van der Waals surface area contributed by atoms with Gasteiger partial charge in [-0.05, 0) is 55.9 Å². The van der Waals surface area contributed by atoms with Crippen LogP contribution in [-0.4, -0.2) is 21.0 Å². The van der Waals surface area contributed by atoms with Gasteiger partial charge >= 0.3 is 0 Å². The van der Waals surface area contributed by atoms with Gasteiger partial charge in [0.15, 0.2) is 0 Å². The molecule has 0 radical (unpaired) electrons. The molecule has 1 fully saturated rings. The molecule has 1 aromatic rings. The summed E-state index contributed by atoms with van der Waals surface area (Å²) in [6, 6.07) is 2.24. The fraction of sp³-hybridized carbons (Fsp3) is 0.600. The Hall–Kier alpha value is -0.690. The van der Waals surface area contributed by atoms with E-state index in [-0.39, 0.29) is 29.9 Å². The summed E-state index contributed by atoms with van der Waals surface area (Å²) in [5, 5.41) is 0. The molecule has 7 heteroatoms. The van der Waals surface area contributed by atoms with Gasteiger partial charge in [-0.1, -0.05) is 12.8 Å². The molecule has 1 aliphatic rings. The van der Waals surface area contributed by atoms with Crippen molar-refractivity contribution in [2.75, 3.05) is 6.54 Å². The molecule has 1 unspecified atom stereocenters. The highest BCUT2D eigenvalue weighted by Gasteiger charge is 2.29. The van der Waals surface area contributed by atoms with Gasteiger partial charge < -0.3 is 5.73 Å². The first-order valence-electron chi connectivity index (χ1n) is 7.34. The van der Waals surface area contributed by atoms with Crippen molar-refractivity contribution in [3.63, 3.8) is 0 Å². The molecular weight excluding hydrogens is 327 g/mol. The van der Waals surface area contributed by atoms with E-state index in [9.17, 15) is 12.8 Å². The fourth-order valence-corrected chi connectivity index (χ4v) is 5.05. The lowest BCUT2D eigenvalue weighted by Crippen LogP contribution is -2.44. The maximum atomic E-state index is 13.3. The minimum Gasteiger partial charge on any atom is -0.329 e. The first-order valence-corrected chi connectivity index (χ1v) is 8.82. The molecular formula is C15H24ClFN2O2S. The largest absolute Gasteiger partial charge is 0.329 e. The van der Waals surface area contributed by atoms with E-state index >= 15 is 0 Å². The third-order valence-corrected chi connectivity index (χ3v) is 6.02. The predicted octanol–water partition coefficient (Wildman–Crippen LogP) is 2.66. The molecule has 4 nitrogen and oxygen atoms in total. The van der Waals surface area contributed by atoms with Gasteiger partial charge in [-0.2, -0.15) is 0 Å². The van der Waals surface area contributed by atoms with Crippen LogP contribution in [0.2, 0.25) is 0 Å². The topological polar surface area (TPSA) is 72.2 Å². The van der Waals surface area contributed by atoms with Crippen LogP contribution in [0.5, 0.6) is 0 Å². The molecule has 0 bridgehead atoms. The third kappa shape index (κ3) is 4.19. The van der Waals surface area contributed by atoms with Crippen LogP contribution in [-0.2, 0) is 10.0 Å². The van der Waals surface area contributed by atoms with Crippen molar-refractivity contribution in [3.05, 3.63) is 29.1 Å². The second-order valence-corrected chi connectivity index (χ2v) is 7.53. The van der Waals surface area contributed by atoms with Gasteiger partial charge in [-0.3, -0.25) is 0 Å². The zero-order chi connectivity index (χ0) is 15.6. The van der Waals surface area contributed by atoms with Crippen LogP contribution >= 0.6 is 12.4 Å². The maximum Gasteiger partial charge on any atom is 0.241 e. The summed E-state index contributed by atoms with van der Waals surface area (Å²) in [4.78, 5) is 0.167. The minimum atomic E-state index is -3.68. The summed E-state index contributed by atoms with van der Waals surface area (Å²) in [6.45, 7) is 3.50. The number of sulfonamides is 1. The molecule has 1 saturated carbocycles. The summed E-state index contributed by atoms with van der Waals surface area (Å²) < 4.78 is 41.3. The number of hydrogen-bond donors (Lipinski definition) is 2. The third-order valence-electron chi connectivity index (χ3n) is 4.22. The Balaban J connectivity index is 0.00000242. The number of rotatable bonds is 5. The van der Waals surface area contributed by atoms with Crippen LogP contribution in [0, 0.1) is 25.6 Å². The number of hydrogen-bond acceptors (Lipinski definition) is 3. The Kier molecular flexibility index (Phi) is 6.80. The molecule has 22 heavy (non-hydrogen) atoms. The molecule has 0 spiro atoms. The van der Waals surface area contributed by atoms with Crippen LogP contribution in [0.4, 0.5) is 4.39 Å². The van der Waals surface area contributed by atoms with Gasteiger partial charge in [-0.25, -0.2) is 17.5 Å². The summed E-state index contributed by atoms with van der Waals surface area (Å²) in [5.41, 5.74) is 6.59. The van der Waals surface area contributed by atoms with E-state index < -0.39 is 15.8 Å². The van der Waals surface area contributed by atoms with Crippen molar-refractivity contribution >= 4 is 22.4 Å². The minimum absolute atomic E-state index is 0. The Labute approximate surface area is 138 Å². The normalized spacial score (nSPS) is 17.3. The Morgan fingerprint density at radius 2 is 1.77 bits per heavy atom. The van der Waals surface area contributed by atoms with E-state index in [1.165, 1.54) is 12.1 Å². The number of nitrogens with two attached hydrogens (primary N) is 1. The van der Waals surface area contributed by atoms with Crippen molar-refractivity contribution in [3.8, 4) is 0 Å². The highest BCUT2D eigenvalue weighted by Crippen LogP contribution is 2.29. The molecule has 126 valence electrons. The van der Waals surface area contributed by atoms with Crippen molar-refractivity contribution in [1.29, 1.82) is 0 Å². The summed E-state index contributed by atoms with van der Waals surface area (Å²) in [6.07, 6.45) is 4.26. The van der Waals surface area contributed by atoms with Crippen LogP contribution in [0.25, 0.3) is 0 Å². The van der Waals surface area contributed by atoms with E-state index in [1.807, 2.05) is 0 Å². The Bertz CT molecular complexity index is 593. The molecule has 0 aromatic heterocycles. The van der Waals surface area contributed by atoms with Crippen LogP contribution in [0.3, 0.4) is 0 Å². The lowest BCUT2D eigenvalue weighted by molar-refractivity contribution is 0.405. The van der Waals surface area contributed by atoms with E-state index in [0.717, 1.165) is 25.7 Å². The Morgan fingerprint density at radius 3 is 2.23 bits per heavy atom. The lowest BCUT2D eigenvalue weighted by Gasteiger charge is -2.24. The second-order valence-electron chi connectivity index (χ2n) is 5.88. The first kappa shape index (κ1) is 19.4. The summed E-state index contributed by atoms with van der Waals surface area (Å²) >= 11 is 0. The quantitative estimate of drug-likeness (QED) is 0.857. The lowest BCUT2D eigenvalue weighted by atomic mass is 9.99. The number of nitrogens with one attached hydrogen (secondary N) is 1. The summed E-state index contributed by atoms with van der Waals surface area (Å²) in [5.74, 6) is -0.124. The van der Waals surface area contributed by atoms with Crippen molar-refractivity contribution < 1.29 is 12.8 Å². The predicted molar refractivity (Wildman–Crippen MR) is 88.2 cm³/mol.